The third-order valence-electron chi connectivity index (χ3n) is 5.12. The van der Waals surface area contributed by atoms with Crippen molar-refractivity contribution in [1.82, 2.24) is 0 Å². The van der Waals surface area contributed by atoms with E-state index in [1.165, 1.54) is 21.9 Å². The van der Waals surface area contributed by atoms with Crippen LogP contribution in [-0.2, 0) is 4.65 Å². The van der Waals surface area contributed by atoms with Gasteiger partial charge in [0.05, 0.1) is 11.2 Å². The van der Waals surface area contributed by atoms with Gasteiger partial charge in [-0.1, -0.05) is 60.7 Å². The second kappa shape index (κ2) is 6.66. The fourth-order valence-corrected chi connectivity index (χ4v) is 2.73. The lowest BCUT2D eigenvalue weighted by Crippen LogP contribution is -2.49. The largest absolute Gasteiger partial charge is 0.427 e. The van der Waals surface area contributed by atoms with Gasteiger partial charge >= 0.3 is 7.48 Å². The van der Waals surface area contributed by atoms with Crippen LogP contribution in [0.15, 0.2) is 66.7 Å². The summed E-state index contributed by atoms with van der Waals surface area (Å²) in [5, 5.41) is 12.8. The number of hydrogen-bond acceptors (Lipinski definition) is 2. The maximum Gasteiger partial charge on any atom is 0.310 e. The number of benzene rings is 3. The van der Waals surface area contributed by atoms with Crippen LogP contribution in [-0.4, -0.2) is 23.8 Å². The van der Waals surface area contributed by atoms with E-state index in [9.17, 15) is 5.11 Å². The molecule has 0 saturated carbocycles. The molecule has 0 atom stereocenters. The first-order chi connectivity index (χ1) is 11.8. The van der Waals surface area contributed by atoms with Gasteiger partial charge in [0.1, 0.15) is 0 Å². The van der Waals surface area contributed by atoms with E-state index in [0.29, 0.717) is 7.48 Å². The Kier molecular flexibility index (Phi) is 4.72. The molecule has 0 aliphatic rings. The Hall–Kier alpha value is -2.10. The van der Waals surface area contributed by atoms with Crippen molar-refractivity contribution in [3.05, 3.63) is 66.7 Å². The van der Waals surface area contributed by atoms with Gasteiger partial charge in [0.15, 0.2) is 0 Å². The minimum absolute atomic E-state index is 0.450. The van der Waals surface area contributed by atoms with E-state index < -0.39 is 11.2 Å². The van der Waals surface area contributed by atoms with Gasteiger partial charge in [-0.2, -0.15) is 0 Å². The SMILES string of the molecule is CC(C)(O)C(C)(C)OBc1cc2ccccc2cc1-c1ccccc1. The molecule has 3 aromatic rings. The molecule has 0 saturated heterocycles. The summed E-state index contributed by atoms with van der Waals surface area (Å²) in [5.74, 6) is 0. The maximum atomic E-state index is 10.4. The molecule has 0 spiro atoms. The van der Waals surface area contributed by atoms with Crippen molar-refractivity contribution in [2.75, 3.05) is 0 Å². The van der Waals surface area contributed by atoms with Crippen molar-refractivity contribution < 1.29 is 9.76 Å². The smallest absolute Gasteiger partial charge is 0.310 e. The maximum absolute atomic E-state index is 10.4. The molecule has 25 heavy (non-hydrogen) atoms. The number of hydrogen-bond donors (Lipinski definition) is 1. The van der Waals surface area contributed by atoms with Crippen molar-refractivity contribution in [3.63, 3.8) is 0 Å². The van der Waals surface area contributed by atoms with Crippen LogP contribution in [0.5, 0.6) is 0 Å². The molecule has 3 rings (SSSR count). The molecule has 0 unspecified atom stereocenters. The Morgan fingerprint density at radius 2 is 1.36 bits per heavy atom. The van der Waals surface area contributed by atoms with Crippen molar-refractivity contribution in [1.29, 1.82) is 0 Å². The normalized spacial score (nSPS) is 12.4. The fourth-order valence-electron chi connectivity index (χ4n) is 2.73. The van der Waals surface area contributed by atoms with Crippen molar-refractivity contribution in [3.8, 4) is 11.1 Å². The Bertz CT molecular complexity index is 864. The summed E-state index contributed by atoms with van der Waals surface area (Å²) in [7, 11) is 0.450. The van der Waals surface area contributed by atoms with Crippen LogP contribution in [0.25, 0.3) is 21.9 Å². The van der Waals surface area contributed by atoms with Gasteiger partial charge in [0.25, 0.3) is 0 Å². The molecule has 0 heterocycles. The van der Waals surface area contributed by atoms with E-state index in [0.717, 1.165) is 5.46 Å². The van der Waals surface area contributed by atoms with Crippen molar-refractivity contribution in [2.24, 2.45) is 0 Å². The Morgan fingerprint density at radius 1 is 0.800 bits per heavy atom. The van der Waals surface area contributed by atoms with Gasteiger partial charge in [-0.25, -0.2) is 0 Å². The molecule has 0 aromatic heterocycles. The minimum atomic E-state index is -0.920. The Balaban J connectivity index is 2.03. The summed E-state index contributed by atoms with van der Waals surface area (Å²) in [6, 6.07) is 23.1. The fraction of sp³-hybridized carbons (Fsp3) is 0.273. The Morgan fingerprint density at radius 3 is 1.96 bits per heavy atom. The number of fused-ring (bicyclic) bond motifs is 1. The van der Waals surface area contributed by atoms with E-state index in [4.69, 9.17) is 4.65 Å². The molecule has 0 radical (unpaired) electrons. The highest BCUT2D eigenvalue weighted by atomic mass is 16.5. The standard InChI is InChI=1S/C22H25BO2/c1-21(2,24)22(3,4)25-23-20-15-18-13-9-8-12-17(18)14-19(20)16-10-6-5-7-11-16/h5-15,23-24H,1-4H3. The van der Waals surface area contributed by atoms with Crippen molar-refractivity contribution in [2.45, 2.75) is 38.9 Å². The molecular formula is C22H25BO2. The first-order valence-electron chi connectivity index (χ1n) is 8.71. The van der Waals surface area contributed by atoms with Crippen LogP contribution in [0.4, 0.5) is 0 Å². The third-order valence-corrected chi connectivity index (χ3v) is 5.12. The first-order valence-corrected chi connectivity index (χ1v) is 8.71. The molecule has 0 amide bonds. The predicted octanol–water partition coefficient (Wildman–Crippen LogP) is 4.05. The molecule has 3 aromatic carbocycles. The van der Waals surface area contributed by atoms with Gasteiger partial charge in [-0.3, -0.25) is 0 Å². The second-order valence-corrected chi connectivity index (χ2v) is 7.58. The van der Waals surface area contributed by atoms with E-state index in [1.54, 1.807) is 13.8 Å². The summed E-state index contributed by atoms with van der Waals surface area (Å²) in [6.07, 6.45) is 0. The molecule has 128 valence electrons. The summed E-state index contributed by atoms with van der Waals surface area (Å²) in [5.41, 5.74) is 1.91. The summed E-state index contributed by atoms with van der Waals surface area (Å²) in [4.78, 5) is 0. The van der Waals surface area contributed by atoms with Gasteiger partial charge < -0.3 is 9.76 Å². The summed E-state index contributed by atoms with van der Waals surface area (Å²) < 4.78 is 6.14. The lowest BCUT2D eigenvalue weighted by atomic mass is 9.77. The van der Waals surface area contributed by atoms with Crippen LogP contribution < -0.4 is 5.46 Å². The number of rotatable bonds is 5. The lowest BCUT2D eigenvalue weighted by molar-refractivity contribution is -0.0893. The zero-order chi connectivity index (χ0) is 18.1. The monoisotopic (exact) mass is 332 g/mol. The van der Waals surface area contributed by atoms with E-state index in [-0.39, 0.29) is 0 Å². The second-order valence-electron chi connectivity index (χ2n) is 7.58. The summed E-state index contributed by atoms with van der Waals surface area (Å²) >= 11 is 0. The quantitative estimate of drug-likeness (QED) is 0.714. The first kappa shape index (κ1) is 17.7. The van der Waals surface area contributed by atoms with Crippen LogP contribution >= 0.6 is 0 Å². The molecule has 0 fully saturated rings. The van der Waals surface area contributed by atoms with E-state index >= 15 is 0 Å². The van der Waals surface area contributed by atoms with Gasteiger partial charge in [-0.05, 0) is 61.1 Å². The Labute approximate surface area is 150 Å². The molecule has 0 bridgehead atoms. The van der Waals surface area contributed by atoms with Gasteiger partial charge in [0, 0.05) is 0 Å². The van der Waals surface area contributed by atoms with Crippen LogP contribution in [0.1, 0.15) is 27.7 Å². The van der Waals surface area contributed by atoms with Gasteiger partial charge in [-0.15, -0.1) is 0 Å². The summed E-state index contributed by atoms with van der Waals surface area (Å²) in [6.45, 7) is 7.42. The zero-order valence-corrected chi connectivity index (χ0v) is 15.4. The zero-order valence-electron chi connectivity index (χ0n) is 15.4. The highest BCUT2D eigenvalue weighted by Crippen LogP contribution is 2.26. The average Bonchev–Trinajstić information content (AvgIpc) is 2.59. The average molecular weight is 332 g/mol. The van der Waals surface area contributed by atoms with E-state index in [1.807, 2.05) is 19.9 Å². The highest BCUT2D eigenvalue weighted by molar-refractivity contribution is 6.50. The topological polar surface area (TPSA) is 29.5 Å². The predicted molar refractivity (Wildman–Crippen MR) is 108 cm³/mol. The van der Waals surface area contributed by atoms with Crippen molar-refractivity contribution >= 4 is 23.7 Å². The lowest BCUT2D eigenvalue weighted by Gasteiger charge is -2.37. The van der Waals surface area contributed by atoms with E-state index in [2.05, 4.69) is 60.7 Å². The minimum Gasteiger partial charge on any atom is -0.427 e. The molecule has 3 heteroatoms. The van der Waals surface area contributed by atoms with Crippen LogP contribution in [0.2, 0.25) is 0 Å². The molecule has 1 N–H and O–H groups in total. The van der Waals surface area contributed by atoms with Crippen LogP contribution in [0.3, 0.4) is 0 Å². The van der Waals surface area contributed by atoms with Crippen LogP contribution in [0, 0.1) is 0 Å². The molecule has 0 aliphatic carbocycles. The highest BCUT2D eigenvalue weighted by Gasteiger charge is 2.35. The number of aliphatic hydroxyl groups is 1. The molecule has 2 nitrogen and oxygen atoms in total. The molecular weight excluding hydrogens is 307 g/mol. The third kappa shape index (κ3) is 3.78. The van der Waals surface area contributed by atoms with Gasteiger partial charge in [0.2, 0.25) is 0 Å². The molecule has 0 aliphatic heterocycles.